The first kappa shape index (κ1) is 14.1. The molecule has 0 saturated heterocycles. The zero-order valence-electron chi connectivity index (χ0n) is 8.65. The molecule has 0 aromatic carbocycles. The van der Waals surface area contributed by atoms with E-state index in [1.165, 1.54) is 0 Å². The fraction of sp³-hybridized carbons (Fsp3) is 0.375. The quantitative estimate of drug-likeness (QED) is 0.894. The van der Waals surface area contributed by atoms with E-state index < -0.39 is 28.6 Å². The summed E-state index contributed by atoms with van der Waals surface area (Å²) in [5, 5.41) is -0.323. The lowest BCUT2D eigenvalue weighted by Crippen LogP contribution is -2.31. The van der Waals surface area contributed by atoms with Gasteiger partial charge >= 0.3 is 0 Å². The maximum absolute atomic E-state index is 12.1. The SMILES string of the molecule is CN(CC(F)F)S(=O)(=O)c1c[nH]c(=O)c(Cl)c1. The van der Waals surface area contributed by atoms with Gasteiger partial charge in [0.05, 0.1) is 11.4 Å². The van der Waals surface area contributed by atoms with Gasteiger partial charge in [0.2, 0.25) is 10.0 Å². The molecule has 1 heterocycles. The first-order valence-corrected chi connectivity index (χ1v) is 6.19. The van der Waals surface area contributed by atoms with Crippen molar-refractivity contribution in [2.45, 2.75) is 11.3 Å². The molecule has 5 nitrogen and oxygen atoms in total. The van der Waals surface area contributed by atoms with Crippen LogP contribution < -0.4 is 5.56 Å². The minimum absolute atomic E-state index is 0.323. The van der Waals surface area contributed by atoms with Gasteiger partial charge in [-0.1, -0.05) is 11.6 Å². The summed E-state index contributed by atoms with van der Waals surface area (Å²) in [6, 6.07) is 0.914. The largest absolute Gasteiger partial charge is 0.326 e. The van der Waals surface area contributed by atoms with E-state index in [4.69, 9.17) is 11.6 Å². The van der Waals surface area contributed by atoms with Gasteiger partial charge in [-0.15, -0.1) is 0 Å². The molecule has 0 spiro atoms. The maximum Gasteiger partial charge on any atom is 0.266 e. The number of rotatable bonds is 4. The third-order valence-corrected chi connectivity index (χ3v) is 4.02. The van der Waals surface area contributed by atoms with Crippen LogP contribution in [0.5, 0.6) is 0 Å². The van der Waals surface area contributed by atoms with Crippen molar-refractivity contribution in [3.8, 4) is 0 Å². The minimum Gasteiger partial charge on any atom is -0.326 e. The molecular formula is C8H9ClF2N2O3S. The predicted molar refractivity (Wildman–Crippen MR) is 57.9 cm³/mol. The molecular weight excluding hydrogens is 278 g/mol. The van der Waals surface area contributed by atoms with Crippen molar-refractivity contribution >= 4 is 21.6 Å². The second kappa shape index (κ2) is 5.11. The van der Waals surface area contributed by atoms with Crippen molar-refractivity contribution in [3.63, 3.8) is 0 Å². The molecule has 1 N–H and O–H groups in total. The average Bonchev–Trinajstić information content (AvgIpc) is 2.20. The molecule has 0 radical (unpaired) electrons. The van der Waals surface area contributed by atoms with Crippen LogP contribution in [0.2, 0.25) is 5.02 Å². The number of nitrogens with zero attached hydrogens (tertiary/aromatic N) is 1. The predicted octanol–water partition coefficient (Wildman–Crippen LogP) is 0.914. The van der Waals surface area contributed by atoms with Crippen LogP contribution in [0.3, 0.4) is 0 Å². The van der Waals surface area contributed by atoms with E-state index in [0.717, 1.165) is 19.3 Å². The van der Waals surface area contributed by atoms with Gasteiger partial charge < -0.3 is 4.98 Å². The molecule has 1 aromatic rings. The van der Waals surface area contributed by atoms with Gasteiger partial charge in [0.25, 0.3) is 12.0 Å². The second-order valence-corrected chi connectivity index (χ2v) is 5.64. The highest BCUT2D eigenvalue weighted by atomic mass is 35.5. The summed E-state index contributed by atoms with van der Waals surface area (Å²) < 4.78 is 48.1. The Bertz CT molecular complexity index is 558. The number of aromatic amines is 1. The highest BCUT2D eigenvalue weighted by Crippen LogP contribution is 2.15. The summed E-state index contributed by atoms with van der Waals surface area (Å²) in [5.74, 6) is 0. The molecule has 17 heavy (non-hydrogen) atoms. The van der Waals surface area contributed by atoms with Gasteiger partial charge in [-0.05, 0) is 6.07 Å². The first-order chi connectivity index (χ1) is 7.75. The van der Waals surface area contributed by atoms with E-state index in [9.17, 15) is 22.0 Å². The van der Waals surface area contributed by atoms with Crippen molar-refractivity contribution in [2.75, 3.05) is 13.6 Å². The number of H-pyrrole nitrogens is 1. The zero-order valence-corrected chi connectivity index (χ0v) is 10.2. The fourth-order valence-corrected chi connectivity index (χ4v) is 2.44. The first-order valence-electron chi connectivity index (χ1n) is 4.38. The van der Waals surface area contributed by atoms with E-state index in [1.54, 1.807) is 0 Å². The van der Waals surface area contributed by atoms with Gasteiger partial charge in [-0.25, -0.2) is 17.2 Å². The van der Waals surface area contributed by atoms with E-state index >= 15 is 0 Å². The highest BCUT2D eigenvalue weighted by molar-refractivity contribution is 7.89. The van der Waals surface area contributed by atoms with Crippen molar-refractivity contribution in [1.82, 2.24) is 9.29 Å². The number of sulfonamides is 1. The molecule has 0 fully saturated rings. The Morgan fingerprint density at radius 2 is 2.12 bits per heavy atom. The number of hydrogen-bond acceptors (Lipinski definition) is 3. The van der Waals surface area contributed by atoms with E-state index in [2.05, 4.69) is 4.98 Å². The molecule has 9 heteroatoms. The van der Waals surface area contributed by atoms with Gasteiger partial charge in [-0.2, -0.15) is 4.31 Å². The van der Waals surface area contributed by atoms with Crippen LogP contribution in [-0.2, 0) is 10.0 Å². The zero-order chi connectivity index (χ0) is 13.2. The third-order valence-electron chi connectivity index (χ3n) is 1.93. The number of pyridine rings is 1. The molecule has 0 aliphatic carbocycles. The van der Waals surface area contributed by atoms with Crippen LogP contribution >= 0.6 is 11.6 Å². The lowest BCUT2D eigenvalue weighted by molar-refractivity contribution is 0.126. The average molecular weight is 287 g/mol. The maximum atomic E-state index is 12.1. The molecule has 0 amide bonds. The smallest absolute Gasteiger partial charge is 0.266 e. The summed E-state index contributed by atoms with van der Waals surface area (Å²) in [5.41, 5.74) is -0.651. The van der Waals surface area contributed by atoms with E-state index in [-0.39, 0.29) is 9.92 Å². The Kier molecular flexibility index (Phi) is 4.23. The van der Waals surface area contributed by atoms with E-state index in [0.29, 0.717) is 4.31 Å². The molecule has 96 valence electrons. The van der Waals surface area contributed by atoms with Crippen LogP contribution in [-0.4, -0.2) is 37.7 Å². The van der Waals surface area contributed by atoms with Crippen molar-refractivity contribution in [3.05, 3.63) is 27.6 Å². The Hall–Kier alpha value is -0.990. The normalized spacial score (nSPS) is 12.4. The number of halogens is 3. The van der Waals surface area contributed by atoms with Crippen LogP contribution in [0.25, 0.3) is 0 Å². The van der Waals surface area contributed by atoms with Gasteiger partial charge in [0.15, 0.2) is 0 Å². The summed E-state index contributed by atoms with van der Waals surface area (Å²) in [7, 11) is -3.06. The fourth-order valence-electron chi connectivity index (χ4n) is 1.06. The molecule has 0 aliphatic heterocycles. The molecule has 1 rings (SSSR count). The third kappa shape index (κ3) is 3.24. The lowest BCUT2D eigenvalue weighted by atomic mass is 10.5. The van der Waals surface area contributed by atoms with Crippen LogP contribution in [0.1, 0.15) is 0 Å². The topological polar surface area (TPSA) is 70.2 Å². The summed E-state index contributed by atoms with van der Waals surface area (Å²) in [6.07, 6.45) is -1.88. The minimum atomic E-state index is -4.07. The Morgan fingerprint density at radius 3 is 2.59 bits per heavy atom. The van der Waals surface area contributed by atoms with Crippen LogP contribution in [0, 0.1) is 0 Å². The number of aromatic nitrogens is 1. The van der Waals surface area contributed by atoms with Crippen molar-refractivity contribution < 1.29 is 17.2 Å². The van der Waals surface area contributed by atoms with Gasteiger partial charge in [-0.3, -0.25) is 4.79 Å². The standard InChI is InChI=1S/C8H9ClF2N2O3S/c1-13(4-7(10)11)17(15,16)5-2-6(9)8(14)12-3-5/h2-3,7H,4H2,1H3,(H,12,14). The molecule has 0 saturated carbocycles. The molecule has 0 bridgehead atoms. The number of alkyl halides is 2. The summed E-state index contributed by atoms with van der Waals surface area (Å²) in [4.78, 5) is 12.7. The molecule has 0 atom stereocenters. The molecule has 0 unspecified atom stereocenters. The molecule has 0 aliphatic rings. The Balaban J connectivity index is 3.13. The van der Waals surface area contributed by atoms with Crippen molar-refractivity contribution in [2.24, 2.45) is 0 Å². The monoisotopic (exact) mass is 286 g/mol. The number of hydrogen-bond donors (Lipinski definition) is 1. The van der Waals surface area contributed by atoms with Crippen LogP contribution in [0.4, 0.5) is 8.78 Å². The summed E-state index contributed by atoms with van der Waals surface area (Å²) >= 11 is 5.46. The second-order valence-electron chi connectivity index (χ2n) is 3.19. The number of nitrogens with one attached hydrogen (secondary N) is 1. The summed E-state index contributed by atoms with van der Waals surface area (Å²) in [6.45, 7) is -0.931. The Morgan fingerprint density at radius 1 is 1.53 bits per heavy atom. The van der Waals surface area contributed by atoms with Crippen molar-refractivity contribution in [1.29, 1.82) is 0 Å². The highest BCUT2D eigenvalue weighted by Gasteiger charge is 2.24. The lowest BCUT2D eigenvalue weighted by Gasteiger charge is -2.16. The molecule has 1 aromatic heterocycles. The van der Waals surface area contributed by atoms with Gasteiger partial charge in [0, 0.05) is 13.2 Å². The van der Waals surface area contributed by atoms with Gasteiger partial charge in [0.1, 0.15) is 5.02 Å². The van der Waals surface area contributed by atoms with Crippen LogP contribution in [0.15, 0.2) is 22.0 Å². The Labute approximate surface area is 101 Å². The van der Waals surface area contributed by atoms with E-state index in [1.807, 2.05) is 0 Å².